The molecule has 0 bridgehead atoms. The minimum atomic E-state index is 0. The van der Waals surface area contributed by atoms with Gasteiger partial charge in [0.25, 0.3) is 0 Å². The largest absolute Gasteiger partial charge is 0.288 e. The fourth-order valence-corrected chi connectivity index (χ4v) is 0.436. The third kappa shape index (κ3) is 5.34. The second kappa shape index (κ2) is 7.47. The van der Waals surface area contributed by atoms with Gasteiger partial charge in [0.1, 0.15) is 6.01 Å². The Bertz CT molecular complexity index is 94.4. The minimum absolute atomic E-state index is 0. The first-order valence-electron chi connectivity index (χ1n) is 2.72. The first kappa shape index (κ1) is 11.3. The van der Waals surface area contributed by atoms with Gasteiger partial charge in [-0.05, 0) is 13.8 Å². The van der Waals surface area contributed by atoms with E-state index in [4.69, 9.17) is 5.41 Å². The van der Waals surface area contributed by atoms with Gasteiger partial charge in [0.2, 0.25) is 0 Å². The zero-order valence-corrected chi connectivity index (χ0v) is 6.53. The predicted molar refractivity (Wildman–Crippen MR) is 40.3 cm³/mol. The van der Waals surface area contributed by atoms with Crippen molar-refractivity contribution >= 4 is 18.4 Å². The molecule has 0 heterocycles. The molecule has 0 aromatic rings. The van der Waals surface area contributed by atoms with Gasteiger partial charge in [-0.25, -0.2) is 5.41 Å². The van der Waals surface area contributed by atoms with Crippen LogP contribution in [0.3, 0.4) is 0 Å². The van der Waals surface area contributed by atoms with E-state index in [2.05, 4.69) is 5.10 Å². The molecule has 0 radical (unpaired) electrons. The summed E-state index contributed by atoms with van der Waals surface area (Å²) >= 11 is 0. The number of nitrogens with one attached hydrogen (secondary N) is 1. The number of hydrogen-bond acceptors (Lipinski definition) is 3. The van der Waals surface area contributed by atoms with Crippen molar-refractivity contribution in [2.75, 3.05) is 13.1 Å². The van der Waals surface area contributed by atoms with Crippen molar-refractivity contribution in [3.05, 3.63) is 0 Å². The summed E-state index contributed by atoms with van der Waals surface area (Å²) in [7, 11) is 0. The van der Waals surface area contributed by atoms with Crippen molar-refractivity contribution in [1.82, 2.24) is 5.01 Å². The van der Waals surface area contributed by atoms with E-state index < -0.39 is 0 Å². The van der Waals surface area contributed by atoms with Gasteiger partial charge < -0.3 is 0 Å². The van der Waals surface area contributed by atoms with Gasteiger partial charge in [-0.1, -0.05) is 0 Å². The molecule has 0 saturated heterocycles. The Morgan fingerprint density at radius 2 is 1.89 bits per heavy atom. The van der Waals surface area contributed by atoms with E-state index in [0.717, 1.165) is 13.1 Å². The first-order valence-corrected chi connectivity index (χ1v) is 2.72. The summed E-state index contributed by atoms with van der Waals surface area (Å²) in [6.45, 7) is 5.68. The first-order chi connectivity index (χ1) is 3.85. The average Bonchev–Trinajstić information content (AvgIpc) is 1.83. The van der Waals surface area contributed by atoms with E-state index in [0.29, 0.717) is 0 Å². The van der Waals surface area contributed by atoms with Crippen LogP contribution in [0.1, 0.15) is 13.8 Å². The molecule has 0 atom stereocenters. The van der Waals surface area contributed by atoms with E-state index in [-0.39, 0.29) is 12.4 Å². The molecule has 0 rings (SSSR count). The quantitative estimate of drug-likeness (QED) is 0.479. The van der Waals surface area contributed by atoms with Gasteiger partial charge in [0.05, 0.1) is 0 Å². The average molecular weight is 150 g/mol. The van der Waals surface area contributed by atoms with Crippen molar-refractivity contribution < 1.29 is 0 Å². The molecule has 0 aliphatic heterocycles. The highest BCUT2D eigenvalue weighted by molar-refractivity contribution is 5.85. The second-order valence-corrected chi connectivity index (χ2v) is 1.35. The molecular formula is C5H12ClN3. The molecule has 0 unspecified atom stereocenters. The van der Waals surface area contributed by atoms with Crippen LogP contribution in [0.15, 0.2) is 5.10 Å². The van der Waals surface area contributed by atoms with Crippen molar-refractivity contribution in [3.8, 4) is 0 Å². The predicted octanol–water partition coefficient (Wildman–Crippen LogP) is 1.42. The maximum atomic E-state index is 6.48. The molecular weight excluding hydrogens is 138 g/mol. The highest BCUT2D eigenvalue weighted by Crippen LogP contribution is 1.82. The SMILES string of the molecule is CCN(CC)N=C=N.Cl. The summed E-state index contributed by atoms with van der Waals surface area (Å²) in [5, 5.41) is 11.8. The van der Waals surface area contributed by atoms with E-state index in [1.807, 2.05) is 19.9 Å². The van der Waals surface area contributed by atoms with Crippen molar-refractivity contribution in [1.29, 1.82) is 5.41 Å². The van der Waals surface area contributed by atoms with Crippen LogP contribution in [0, 0.1) is 5.41 Å². The molecule has 3 nitrogen and oxygen atoms in total. The minimum Gasteiger partial charge on any atom is -0.288 e. The molecule has 0 fully saturated rings. The standard InChI is InChI=1S/C5H11N3.ClH/c1-3-8(4-2)7-5-6;/h6H,3-4H2,1-2H3;1H. The lowest BCUT2D eigenvalue weighted by Gasteiger charge is -2.09. The maximum Gasteiger partial charge on any atom is 0.111 e. The van der Waals surface area contributed by atoms with E-state index >= 15 is 0 Å². The Balaban J connectivity index is 0. The maximum absolute atomic E-state index is 6.48. The van der Waals surface area contributed by atoms with Crippen molar-refractivity contribution in [2.45, 2.75) is 13.8 Å². The molecule has 9 heavy (non-hydrogen) atoms. The van der Waals surface area contributed by atoms with E-state index in [9.17, 15) is 0 Å². The molecule has 0 aliphatic rings. The number of nitrogens with zero attached hydrogens (tertiary/aromatic N) is 2. The number of rotatable bonds is 3. The van der Waals surface area contributed by atoms with Gasteiger partial charge in [-0.15, -0.1) is 17.5 Å². The molecule has 0 saturated carbocycles. The lowest BCUT2D eigenvalue weighted by Crippen LogP contribution is -2.14. The summed E-state index contributed by atoms with van der Waals surface area (Å²) in [6.07, 6.45) is 0. The molecule has 0 aliphatic carbocycles. The van der Waals surface area contributed by atoms with Gasteiger partial charge in [0.15, 0.2) is 0 Å². The van der Waals surface area contributed by atoms with Gasteiger partial charge in [-0.3, -0.25) is 5.01 Å². The normalized spacial score (nSPS) is 6.89. The van der Waals surface area contributed by atoms with Crippen LogP contribution in [0.2, 0.25) is 0 Å². The topological polar surface area (TPSA) is 39.5 Å². The molecule has 54 valence electrons. The van der Waals surface area contributed by atoms with Crippen LogP contribution in [0.4, 0.5) is 0 Å². The summed E-state index contributed by atoms with van der Waals surface area (Å²) in [4.78, 5) is 0. The van der Waals surface area contributed by atoms with Gasteiger partial charge in [-0.2, -0.15) is 0 Å². The highest BCUT2D eigenvalue weighted by atomic mass is 35.5. The van der Waals surface area contributed by atoms with Crippen LogP contribution in [-0.2, 0) is 0 Å². The van der Waals surface area contributed by atoms with Crippen LogP contribution >= 0.6 is 12.4 Å². The summed E-state index contributed by atoms with van der Waals surface area (Å²) in [5.41, 5.74) is 0. The van der Waals surface area contributed by atoms with Crippen LogP contribution in [0.25, 0.3) is 0 Å². The van der Waals surface area contributed by atoms with E-state index in [1.165, 1.54) is 0 Å². The molecule has 0 aromatic heterocycles. The zero-order chi connectivity index (χ0) is 6.41. The molecule has 0 amide bonds. The third-order valence-corrected chi connectivity index (χ3v) is 0.921. The second-order valence-electron chi connectivity index (χ2n) is 1.35. The molecule has 0 aromatic carbocycles. The van der Waals surface area contributed by atoms with Crippen molar-refractivity contribution in [2.24, 2.45) is 5.10 Å². The van der Waals surface area contributed by atoms with Crippen LogP contribution in [0.5, 0.6) is 0 Å². The summed E-state index contributed by atoms with van der Waals surface area (Å²) in [6, 6.07) is 1.97. The number of hydrazone groups is 1. The Morgan fingerprint density at radius 1 is 1.44 bits per heavy atom. The highest BCUT2D eigenvalue weighted by Gasteiger charge is 1.86. The Hall–Kier alpha value is -0.530. The fourth-order valence-electron chi connectivity index (χ4n) is 0.436. The summed E-state index contributed by atoms with van der Waals surface area (Å²) < 4.78 is 0. The monoisotopic (exact) mass is 149 g/mol. The van der Waals surface area contributed by atoms with Crippen LogP contribution < -0.4 is 0 Å². The number of hydrogen-bond donors (Lipinski definition) is 1. The summed E-state index contributed by atoms with van der Waals surface area (Å²) in [5.74, 6) is 0. The Kier molecular flexibility index (Phi) is 9.37. The molecule has 4 heteroatoms. The third-order valence-electron chi connectivity index (χ3n) is 0.921. The number of halogens is 1. The molecule has 0 spiro atoms. The van der Waals surface area contributed by atoms with Gasteiger partial charge in [0, 0.05) is 13.1 Å². The molecule has 1 N–H and O–H groups in total. The lowest BCUT2D eigenvalue weighted by molar-refractivity contribution is 0.323. The smallest absolute Gasteiger partial charge is 0.111 e. The zero-order valence-electron chi connectivity index (χ0n) is 5.72. The van der Waals surface area contributed by atoms with Gasteiger partial charge >= 0.3 is 0 Å². The van der Waals surface area contributed by atoms with Crippen molar-refractivity contribution in [3.63, 3.8) is 0 Å². The lowest BCUT2D eigenvalue weighted by atomic mass is 10.6. The fraction of sp³-hybridized carbons (Fsp3) is 0.800. The Morgan fingerprint density at radius 3 is 2.00 bits per heavy atom. The Labute approximate surface area is 61.7 Å². The van der Waals surface area contributed by atoms with E-state index in [1.54, 1.807) is 5.01 Å². The van der Waals surface area contributed by atoms with Crippen LogP contribution in [-0.4, -0.2) is 24.1 Å².